The Bertz CT molecular complexity index is 848. The molecule has 23 heavy (non-hydrogen) atoms. The minimum atomic E-state index is 0.170. The molecule has 3 heteroatoms. The highest BCUT2D eigenvalue weighted by Crippen LogP contribution is 2.38. The molecule has 0 radical (unpaired) electrons. The number of fused-ring (bicyclic) bond motifs is 1. The van der Waals surface area contributed by atoms with Crippen LogP contribution in [-0.2, 0) is 4.79 Å². The molecule has 1 heterocycles. The third-order valence-corrected chi connectivity index (χ3v) is 4.66. The van der Waals surface area contributed by atoms with E-state index in [2.05, 4.69) is 29.4 Å². The van der Waals surface area contributed by atoms with E-state index in [1.807, 2.05) is 36.4 Å². The lowest BCUT2D eigenvalue weighted by molar-refractivity contribution is -0.115. The maximum absolute atomic E-state index is 12.6. The molecule has 114 valence electrons. The van der Waals surface area contributed by atoms with Gasteiger partial charge in [0.2, 0.25) is 0 Å². The van der Waals surface area contributed by atoms with Gasteiger partial charge in [0, 0.05) is 18.3 Å². The molecule has 0 saturated heterocycles. The Morgan fingerprint density at radius 3 is 2.70 bits per heavy atom. The number of aliphatic imine (C=N–C) groups is 1. The summed E-state index contributed by atoms with van der Waals surface area (Å²) in [6.45, 7) is 2.11. The second-order valence-electron chi connectivity index (χ2n) is 6.18. The molecular formula is C20H18N2O. The maximum atomic E-state index is 12.6. The number of rotatable bonds is 1. The van der Waals surface area contributed by atoms with Crippen molar-refractivity contribution in [2.24, 2.45) is 4.99 Å². The highest BCUT2D eigenvalue weighted by atomic mass is 16.1. The number of anilines is 1. The third kappa shape index (κ3) is 2.48. The van der Waals surface area contributed by atoms with E-state index in [0.29, 0.717) is 6.42 Å². The molecule has 0 spiro atoms. The Morgan fingerprint density at radius 2 is 1.83 bits per heavy atom. The number of para-hydroxylation sites is 2. The topological polar surface area (TPSA) is 41.5 Å². The normalized spacial score (nSPS) is 19.7. The third-order valence-electron chi connectivity index (χ3n) is 4.66. The van der Waals surface area contributed by atoms with Gasteiger partial charge in [0.15, 0.2) is 5.78 Å². The summed E-state index contributed by atoms with van der Waals surface area (Å²) in [5, 5.41) is 3.44. The molecule has 0 bridgehead atoms. The number of carbonyl (C=O) groups excluding carboxylic acids is 1. The van der Waals surface area contributed by atoms with Crippen molar-refractivity contribution in [3.05, 3.63) is 70.9 Å². The Kier molecular flexibility index (Phi) is 3.34. The second kappa shape index (κ2) is 5.51. The van der Waals surface area contributed by atoms with Crippen LogP contribution in [-0.4, -0.2) is 12.0 Å². The van der Waals surface area contributed by atoms with Gasteiger partial charge in [0.1, 0.15) is 0 Å². The van der Waals surface area contributed by atoms with Gasteiger partial charge in [-0.2, -0.15) is 0 Å². The minimum Gasteiger partial charge on any atom is -0.356 e. The standard InChI is InChI=1S/C20H18N2O/c1-13-6-2-3-7-15(13)14-10-19-16(20(23)11-14)12-21-17-8-4-5-9-18(17)22-19/h2-9,12,14,22H,10-11H2,1H3/t14-/m0/s1. The lowest BCUT2D eigenvalue weighted by Gasteiger charge is -2.26. The van der Waals surface area contributed by atoms with Crippen molar-refractivity contribution in [1.29, 1.82) is 0 Å². The number of hydrogen-bond acceptors (Lipinski definition) is 3. The monoisotopic (exact) mass is 302 g/mol. The summed E-state index contributed by atoms with van der Waals surface area (Å²) in [5.41, 5.74) is 6.07. The van der Waals surface area contributed by atoms with Gasteiger partial charge < -0.3 is 5.32 Å². The van der Waals surface area contributed by atoms with Crippen molar-refractivity contribution >= 4 is 23.4 Å². The Hall–Kier alpha value is -2.68. The summed E-state index contributed by atoms with van der Waals surface area (Å²) in [4.78, 5) is 17.1. The molecule has 1 aliphatic carbocycles. The number of benzene rings is 2. The predicted molar refractivity (Wildman–Crippen MR) is 93.4 cm³/mol. The lowest BCUT2D eigenvalue weighted by Crippen LogP contribution is -2.22. The molecule has 1 atom stereocenters. The van der Waals surface area contributed by atoms with Gasteiger partial charge >= 0.3 is 0 Å². The van der Waals surface area contributed by atoms with Crippen molar-refractivity contribution in [1.82, 2.24) is 0 Å². The Morgan fingerprint density at radius 1 is 1.04 bits per heavy atom. The van der Waals surface area contributed by atoms with E-state index in [1.165, 1.54) is 11.1 Å². The van der Waals surface area contributed by atoms with Crippen molar-refractivity contribution in [2.75, 3.05) is 5.32 Å². The van der Waals surface area contributed by atoms with Crippen LogP contribution in [0.25, 0.3) is 0 Å². The van der Waals surface area contributed by atoms with Gasteiger partial charge in [0.05, 0.1) is 16.9 Å². The largest absolute Gasteiger partial charge is 0.356 e. The van der Waals surface area contributed by atoms with E-state index in [4.69, 9.17) is 0 Å². The van der Waals surface area contributed by atoms with Crippen LogP contribution >= 0.6 is 0 Å². The Labute approximate surface area is 135 Å². The van der Waals surface area contributed by atoms with E-state index in [1.54, 1.807) is 6.21 Å². The Balaban J connectivity index is 1.72. The van der Waals surface area contributed by atoms with E-state index in [-0.39, 0.29) is 11.7 Å². The molecule has 4 rings (SSSR count). The molecule has 2 aromatic carbocycles. The summed E-state index contributed by atoms with van der Waals surface area (Å²) in [6, 6.07) is 16.2. The SMILES string of the molecule is Cc1ccccc1[C@@H]1CC(=O)C2=C(C1)Nc1ccccc1N=C2. The van der Waals surface area contributed by atoms with Crippen LogP contribution in [0.1, 0.15) is 29.9 Å². The average Bonchev–Trinajstić information content (AvgIpc) is 2.74. The summed E-state index contributed by atoms with van der Waals surface area (Å²) in [6.07, 6.45) is 3.12. The highest BCUT2D eigenvalue weighted by molar-refractivity contribution is 6.16. The van der Waals surface area contributed by atoms with Gasteiger partial charge in [-0.05, 0) is 42.5 Å². The zero-order chi connectivity index (χ0) is 15.8. The molecule has 0 saturated carbocycles. The number of Topliss-reactive ketones (excluding diaryl/α,β-unsaturated/α-hetero) is 1. The van der Waals surface area contributed by atoms with Crippen molar-refractivity contribution in [3.8, 4) is 0 Å². The van der Waals surface area contributed by atoms with Gasteiger partial charge in [-0.3, -0.25) is 9.79 Å². The van der Waals surface area contributed by atoms with Crippen molar-refractivity contribution in [3.63, 3.8) is 0 Å². The fourth-order valence-corrected chi connectivity index (χ4v) is 3.45. The second-order valence-corrected chi connectivity index (χ2v) is 6.18. The van der Waals surface area contributed by atoms with Crippen LogP contribution < -0.4 is 5.32 Å². The summed E-state index contributed by atoms with van der Waals surface area (Å²) in [5.74, 6) is 0.400. The molecule has 0 unspecified atom stereocenters. The number of nitrogens with zero attached hydrogens (tertiary/aromatic N) is 1. The van der Waals surface area contributed by atoms with Gasteiger partial charge in [-0.25, -0.2) is 0 Å². The number of carbonyl (C=O) groups is 1. The van der Waals surface area contributed by atoms with Gasteiger partial charge in [-0.15, -0.1) is 0 Å². The molecule has 0 fully saturated rings. The quantitative estimate of drug-likeness (QED) is 0.841. The van der Waals surface area contributed by atoms with E-state index >= 15 is 0 Å². The van der Waals surface area contributed by atoms with Crippen LogP contribution in [0.3, 0.4) is 0 Å². The predicted octanol–water partition coefficient (Wildman–Crippen LogP) is 4.52. The number of hydrogen-bond donors (Lipinski definition) is 1. The van der Waals surface area contributed by atoms with Crippen LogP contribution in [0.15, 0.2) is 64.8 Å². The van der Waals surface area contributed by atoms with E-state index in [9.17, 15) is 4.79 Å². The molecular weight excluding hydrogens is 284 g/mol. The summed E-state index contributed by atoms with van der Waals surface area (Å²) in [7, 11) is 0. The van der Waals surface area contributed by atoms with Crippen molar-refractivity contribution in [2.45, 2.75) is 25.7 Å². The fourth-order valence-electron chi connectivity index (χ4n) is 3.45. The molecule has 1 aliphatic heterocycles. The van der Waals surface area contributed by atoms with E-state index < -0.39 is 0 Å². The first kappa shape index (κ1) is 13.9. The fraction of sp³-hybridized carbons (Fsp3) is 0.200. The molecule has 0 aromatic heterocycles. The summed E-state index contributed by atoms with van der Waals surface area (Å²) < 4.78 is 0. The lowest BCUT2D eigenvalue weighted by atomic mass is 9.80. The number of ketones is 1. The maximum Gasteiger partial charge on any atom is 0.166 e. The zero-order valence-corrected chi connectivity index (χ0v) is 13.0. The van der Waals surface area contributed by atoms with Gasteiger partial charge in [-0.1, -0.05) is 36.4 Å². The van der Waals surface area contributed by atoms with Gasteiger partial charge in [0.25, 0.3) is 0 Å². The van der Waals surface area contributed by atoms with Crippen LogP contribution in [0, 0.1) is 6.92 Å². The highest BCUT2D eigenvalue weighted by Gasteiger charge is 2.29. The smallest absolute Gasteiger partial charge is 0.166 e. The zero-order valence-electron chi connectivity index (χ0n) is 13.0. The number of aryl methyl sites for hydroxylation is 1. The molecule has 3 nitrogen and oxygen atoms in total. The minimum absolute atomic E-state index is 0.170. The molecule has 0 amide bonds. The van der Waals surface area contributed by atoms with Crippen LogP contribution in [0.4, 0.5) is 11.4 Å². The summed E-state index contributed by atoms with van der Waals surface area (Å²) >= 11 is 0. The molecule has 2 aliphatic rings. The average molecular weight is 302 g/mol. The first-order valence-electron chi connectivity index (χ1n) is 7.94. The van der Waals surface area contributed by atoms with Crippen LogP contribution in [0.5, 0.6) is 0 Å². The molecule has 2 aromatic rings. The van der Waals surface area contributed by atoms with E-state index in [0.717, 1.165) is 29.1 Å². The number of nitrogens with one attached hydrogen (secondary N) is 1. The molecule has 1 N–H and O–H groups in total. The number of allylic oxidation sites excluding steroid dienone is 2. The van der Waals surface area contributed by atoms with Crippen LogP contribution in [0.2, 0.25) is 0 Å². The van der Waals surface area contributed by atoms with Crippen molar-refractivity contribution < 1.29 is 4.79 Å². The first-order valence-corrected chi connectivity index (χ1v) is 7.94. The first-order chi connectivity index (χ1) is 11.2.